The number of carbonyl (C=O) groups excluding carboxylic acids is 2. The van der Waals surface area contributed by atoms with Crippen LogP contribution in [-0.2, 0) is 21.8 Å². The molecule has 2 amide bonds. The summed E-state index contributed by atoms with van der Waals surface area (Å²) in [6, 6.07) is 7.72. The van der Waals surface area contributed by atoms with Gasteiger partial charge < -0.3 is 14.2 Å². The van der Waals surface area contributed by atoms with Gasteiger partial charge in [-0.3, -0.25) is 15.4 Å². The monoisotopic (exact) mass is 506 g/mol. The molecule has 1 aromatic carbocycles. The molecule has 1 aromatic heterocycles. The summed E-state index contributed by atoms with van der Waals surface area (Å²) in [5, 5.41) is 18.8. The van der Waals surface area contributed by atoms with Gasteiger partial charge in [-0.15, -0.1) is 16.9 Å². The SMILES string of the molecule is COc1ccc(SCc2cn(CCN(C(=N)NC(=O)OC(C)(C)C)C(=O)OC(C)(C)C)nn2)cc1. The fourth-order valence-corrected chi connectivity index (χ4v) is 3.40. The highest BCUT2D eigenvalue weighted by Crippen LogP contribution is 2.24. The summed E-state index contributed by atoms with van der Waals surface area (Å²) in [6.07, 6.45) is 0.165. The van der Waals surface area contributed by atoms with Gasteiger partial charge in [0, 0.05) is 16.8 Å². The highest BCUT2D eigenvalue weighted by Gasteiger charge is 2.27. The van der Waals surface area contributed by atoms with Crippen LogP contribution in [0, 0.1) is 5.41 Å². The number of amides is 2. The quantitative estimate of drug-likeness (QED) is 0.323. The Morgan fingerprint density at radius 1 is 1.09 bits per heavy atom. The van der Waals surface area contributed by atoms with Crippen molar-refractivity contribution in [3.05, 3.63) is 36.2 Å². The van der Waals surface area contributed by atoms with E-state index in [-0.39, 0.29) is 13.1 Å². The first-order valence-corrected chi connectivity index (χ1v) is 12.0. The number of hydrogen-bond acceptors (Lipinski definition) is 9. The van der Waals surface area contributed by atoms with Crippen molar-refractivity contribution in [2.75, 3.05) is 13.7 Å². The van der Waals surface area contributed by atoms with E-state index < -0.39 is 29.3 Å². The number of nitrogens with zero attached hydrogens (tertiary/aromatic N) is 4. The summed E-state index contributed by atoms with van der Waals surface area (Å²) in [5.41, 5.74) is -0.764. The number of benzene rings is 1. The first-order valence-electron chi connectivity index (χ1n) is 11.0. The topological polar surface area (TPSA) is 132 Å². The van der Waals surface area contributed by atoms with E-state index in [0.717, 1.165) is 21.2 Å². The Bertz CT molecular complexity index is 1010. The Morgan fingerprint density at radius 2 is 1.71 bits per heavy atom. The molecule has 2 rings (SSSR count). The van der Waals surface area contributed by atoms with Crippen molar-refractivity contribution in [1.82, 2.24) is 25.2 Å². The number of ether oxygens (including phenoxy) is 3. The maximum absolute atomic E-state index is 12.7. The van der Waals surface area contributed by atoms with Gasteiger partial charge in [0.25, 0.3) is 0 Å². The number of methoxy groups -OCH3 is 1. The van der Waals surface area contributed by atoms with Crippen LogP contribution in [-0.4, -0.2) is 62.9 Å². The number of nitrogens with one attached hydrogen (secondary N) is 2. The third-order valence-corrected chi connectivity index (χ3v) is 5.13. The van der Waals surface area contributed by atoms with Crippen LogP contribution < -0.4 is 10.1 Å². The molecule has 35 heavy (non-hydrogen) atoms. The van der Waals surface area contributed by atoms with Crippen LogP contribution >= 0.6 is 11.8 Å². The zero-order valence-electron chi connectivity index (χ0n) is 21.2. The largest absolute Gasteiger partial charge is 0.497 e. The van der Waals surface area contributed by atoms with E-state index in [1.165, 1.54) is 0 Å². The summed E-state index contributed by atoms with van der Waals surface area (Å²) < 4.78 is 17.3. The molecule has 0 saturated heterocycles. The van der Waals surface area contributed by atoms with Crippen LogP contribution in [0.1, 0.15) is 47.2 Å². The lowest BCUT2D eigenvalue weighted by molar-refractivity contribution is 0.0352. The average molecular weight is 507 g/mol. The Labute approximate surface area is 210 Å². The Balaban J connectivity index is 2.00. The van der Waals surface area contributed by atoms with Crippen molar-refractivity contribution in [3.8, 4) is 5.75 Å². The second-order valence-electron chi connectivity index (χ2n) is 9.54. The minimum Gasteiger partial charge on any atom is -0.497 e. The Morgan fingerprint density at radius 3 is 2.29 bits per heavy atom. The van der Waals surface area contributed by atoms with Gasteiger partial charge in [0.15, 0.2) is 0 Å². The van der Waals surface area contributed by atoms with Gasteiger partial charge in [0.2, 0.25) is 5.96 Å². The van der Waals surface area contributed by atoms with Crippen molar-refractivity contribution in [2.24, 2.45) is 0 Å². The second-order valence-corrected chi connectivity index (χ2v) is 10.6. The minimum absolute atomic E-state index is 0.0258. The lowest BCUT2D eigenvalue weighted by Gasteiger charge is -2.28. The Hall–Kier alpha value is -3.28. The molecule has 0 radical (unpaired) electrons. The van der Waals surface area contributed by atoms with Gasteiger partial charge in [-0.25, -0.2) is 14.5 Å². The molecule has 11 nitrogen and oxygen atoms in total. The Kier molecular flexibility index (Phi) is 9.52. The van der Waals surface area contributed by atoms with Gasteiger partial charge in [-0.05, 0) is 65.8 Å². The molecule has 0 saturated carbocycles. The van der Waals surface area contributed by atoms with Crippen molar-refractivity contribution in [3.63, 3.8) is 0 Å². The summed E-state index contributed by atoms with van der Waals surface area (Å²) in [6.45, 7) is 10.5. The highest BCUT2D eigenvalue weighted by atomic mass is 32.2. The molecule has 0 unspecified atom stereocenters. The fourth-order valence-electron chi connectivity index (χ4n) is 2.62. The molecule has 0 fully saturated rings. The molecule has 2 aromatic rings. The van der Waals surface area contributed by atoms with Crippen LogP contribution in [0.3, 0.4) is 0 Å². The summed E-state index contributed by atoms with van der Waals surface area (Å²) in [7, 11) is 1.62. The number of thioether (sulfide) groups is 1. The zero-order valence-corrected chi connectivity index (χ0v) is 22.1. The van der Waals surface area contributed by atoms with Crippen LogP contribution in [0.4, 0.5) is 9.59 Å². The molecular weight excluding hydrogens is 472 g/mol. The predicted octanol–water partition coefficient (Wildman–Crippen LogP) is 4.28. The summed E-state index contributed by atoms with van der Waals surface area (Å²) in [4.78, 5) is 26.9. The van der Waals surface area contributed by atoms with Crippen molar-refractivity contribution >= 4 is 29.9 Å². The molecule has 1 heterocycles. The number of carbonyl (C=O) groups is 2. The third kappa shape index (κ3) is 10.3. The molecule has 0 atom stereocenters. The van der Waals surface area contributed by atoms with E-state index in [2.05, 4.69) is 15.6 Å². The summed E-state index contributed by atoms with van der Waals surface area (Å²) in [5.74, 6) is 0.948. The normalized spacial score (nSPS) is 11.5. The molecule has 0 aliphatic carbocycles. The first kappa shape index (κ1) is 28.0. The smallest absolute Gasteiger partial charge is 0.417 e. The van der Waals surface area contributed by atoms with Gasteiger partial charge in [-0.1, -0.05) is 5.21 Å². The molecule has 12 heteroatoms. The first-order chi connectivity index (χ1) is 16.3. The molecule has 0 aliphatic rings. The van der Waals surface area contributed by atoms with E-state index in [4.69, 9.17) is 19.6 Å². The minimum atomic E-state index is -0.838. The fraction of sp³-hybridized carbons (Fsp3) is 0.522. The molecule has 0 spiro atoms. The molecule has 2 N–H and O–H groups in total. The average Bonchev–Trinajstić information content (AvgIpc) is 3.17. The van der Waals surface area contributed by atoms with Gasteiger partial charge in [-0.2, -0.15) is 0 Å². The van der Waals surface area contributed by atoms with E-state index in [1.54, 1.807) is 71.3 Å². The van der Waals surface area contributed by atoms with Crippen molar-refractivity contribution in [1.29, 1.82) is 5.41 Å². The molecular formula is C23H34N6O5S. The van der Waals surface area contributed by atoms with Crippen LogP contribution in [0.2, 0.25) is 0 Å². The van der Waals surface area contributed by atoms with E-state index in [1.807, 2.05) is 24.3 Å². The van der Waals surface area contributed by atoms with E-state index in [0.29, 0.717) is 5.75 Å². The maximum Gasteiger partial charge on any atom is 0.417 e. The van der Waals surface area contributed by atoms with E-state index in [9.17, 15) is 9.59 Å². The lowest BCUT2D eigenvalue weighted by atomic mass is 10.2. The molecule has 0 bridgehead atoms. The number of alkyl carbamates (subject to hydrolysis) is 1. The second kappa shape index (κ2) is 11.9. The number of aromatic nitrogens is 3. The number of hydrogen-bond donors (Lipinski definition) is 2. The number of guanidine groups is 1. The summed E-state index contributed by atoms with van der Waals surface area (Å²) >= 11 is 1.61. The molecule has 0 aliphatic heterocycles. The van der Waals surface area contributed by atoms with Gasteiger partial charge >= 0.3 is 12.2 Å². The number of rotatable bonds is 7. The van der Waals surface area contributed by atoms with Crippen molar-refractivity contribution in [2.45, 2.75) is 69.9 Å². The van der Waals surface area contributed by atoms with E-state index >= 15 is 0 Å². The maximum atomic E-state index is 12.7. The standard InChI is InChI=1S/C23H34N6O5S/c1-22(2,3)33-20(30)25-19(24)29(21(31)34-23(4,5)6)13-12-28-14-16(26-27-28)15-35-18-10-8-17(32-7)9-11-18/h8-11,14H,12-13,15H2,1-7H3,(H2,24,25,30). The van der Waals surface area contributed by atoms with Crippen LogP contribution in [0.25, 0.3) is 0 Å². The van der Waals surface area contributed by atoms with Gasteiger partial charge in [0.05, 0.1) is 25.9 Å². The molecule has 192 valence electrons. The third-order valence-electron chi connectivity index (χ3n) is 4.09. The zero-order chi connectivity index (χ0) is 26.2. The van der Waals surface area contributed by atoms with Gasteiger partial charge in [0.1, 0.15) is 17.0 Å². The lowest BCUT2D eigenvalue weighted by Crippen LogP contribution is -2.50. The highest BCUT2D eigenvalue weighted by molar-refractivity contribution is 7.98. The van der Waals surface area contributed by atoms with Crippen LogP contribution in [0.15, 0.2) is 35.4 Å². The van der Waals surface area contributed by atoms with Crippen molar-refractivity contribution < 1.29 is 23.8 Å². The predicted molar refractivity (Wildman–Crippen MR) is 133 cm³/mol. The van der Waals surface area contributed by atoms with Crippen LogP contribution in [0.5, 0.6) is 5.75 Å².